The highest BCUT2D eigenvalue weighted by Gasteiger charge is 2.13. The number of nitrogens with zero attached hydrogens (tertiary/aromatic N) is 1. The Morgan fingerprint density at radius 2 is 1.47 bits per heavy atom. The quantitative estimate of drug-likeness (QED) is 0.220. The summed E-state index contributed by atoms with van der Waals surface area (Å²) in [4.78, 5) is 16.5. The maximum atomic E-state index is 12.2. The predicted octanol–water partition coefficient (Wildman–Crippen LogP) is 6.71. The molecule has 4 rings (SSSR count). The third kappa shape index (κ3) is 5.15. The van der Waals surface area contributed by atoms with E-state index >= 15 is 0 Å². The molecule has 0 saturated carbocycles. The second-order valence-corrected chi connectivity index (χ2v) is 7.31. The molecule has 4 nitrogen and oxygen atoms in total. The highest BCUT2D eigenvalue weighted by molar-refractivity contribution is 5.94. The molecule has 0 aliphatic heterocycles. The third-order valence-corrected chi connectivity index (χ3v) is 5.06. The fourth-order valence-corrected chi connectivity index (χ4v) is 3.40. The van der Waals surface area contributed by atoms with E-state index in [1.165, 1.54) is 11.1 Å². The highest BCUT2D eigenvalue weighted by Crippen LogP contribution is 2.22. The lowest BCUT2D eigenvalue weighted by Gasteiger charge is -2.07. The molecule has 0 aliphatic carbocycles. The number of carbonyl (C=O) groups is 1. The summed E-state index contributed by atoms with van der Waals surface area (Å²) in [5, 5.41) is 0. The van der Waals surface area contributed by atoms with Crippen molar-refractivity contribution in [2.45, 2.75) is 32.1 Å². The lowest BCUT2D eigenvalue weighted by molar-refractivity contribution is 0.0947. The van der Waals surface area contributed by atoms with Crippen LogP contribution in [0, 0.1) is 0 Å². The third-order valence-electron chi connectivity index (χ3n) is 5.06. The van der Waals surface area contributed by atoms with E-state index in [1.54, 1.807) is 0 Å². The zero-order chi connectivity index (χ0) is 20.6. The number of hydrogen-bond donors (Lipinski definition) is 0. The lowest BCUT2D eigenvalue weighted by atomic mass is 10.1. The van der Waals surface area contributed by atoms with Gasteiger partial charge in [-0.25, -0.2) is 4.98 Å². The van der Waals surface area contributed by atoms with Crippen molar-refractivity contribution in [2.75, 3.05) is 6.61 Å². The van der Waals surface area contributed by atoms with Gasteiger partial charge in [0.2, 0.25) is 5.78 Å². The molecule has 1 heterocycles. The molecule has 3 aromatic carbocycles. The molecule has 0 atom stereocenters. The summed E-state index contributed by atoms with van der Waals surface area (Å²) in [6.45, 7) is 0.684. The molecule has 152 valence electrons. The molecule has 0 amide bonds. The molecule has 0 bridgehead atoms. The average Bonchev–Trinajstić information content (AvgIpc) is 3.24. The van der Waals surface area contributed by atoms with Crippen LogP contribution in [0.15, 0.2) is 83.3 Å². The number of ketones is 1. The van der Waals surface area contributed by atoms with E-state index in [1.807, 2.05) is 54.6 Å². The highest BCUT2D eigenvalue weighted by atomic mass is 16.5. The summed E-state index contributed by atoms with van der Waals surface area (Å²) in [5.41, 5.74) is 3.78. The zero-order valence-electron chi connectivity index (χ0n) is 16.9. The number of para-hydroxylation sites is 2. The Morgan fingerprint density at radius 3 is 2.27 bits per heavy atom. The van der Waals surface area contributed by atoms with Gasteiger partial charge < -0.3 is 9.15 Å². The van der Waals surface area contributed by atoms with Crippen molar-refractivity contribution in [1.29, 1.82) is 0 Å². The topological polar surface area (TPSA) is 52.3 Å². The standard InChI is InChI=1S/C26H25NO3/c28-24(26-27-23-12-7-8-14-25(23)30-26)13-6-1-2-9-19-29-22-17-15-21(16-18-22)20-10-4-3-5-11-20/h3-5,7-8,10-12,14-18H,1-2,6,9,13,19H2. The lowest BCUT2D eigenvalue weighted by Crippen LogP contribution is -2.00. The van der Waals surface area contributed by atoms with Crippen LogP contribution in [-0.4, -0.2) is 17.4 Å². The number of unbranched alkanes of at least 4 members (excludes halogenated alkanes) is 3. The summed E-state index contributed by atoms with van der Waals surface area (Å²) >= 11 is 0. The van der Waals surface area contributed by atoms with Crippen LogP contribution >= 0.6 is 0 Å². The molecule has 1 aromatic heterocycles. The van der Waals surface area contributed by atoms with Crippen molar-refractivity contribution in [1.82, 2.24) is 4.98 Å². The zero-order valence-corrected chi connectivity index (χ0v) is 16.9. The second-order valence-electron chi connectivity index (χ2n) is 7.31. The maximum Gasteiger partial charge on any atom is 0.264 e. The van der Waals surface area contributed by atoms with Crippen molar-refractivity contribution in [2.24, 2.45) is 0 Å². The Kier molecular flexibility index (Phi) is 6.55. The van der Waals surface area contributed by atoms with Gasteiger partial charge in [-0.05, 0) is 48.2 Å². The van der Waals surface area contributed by atoms with Crippen molar-refractivity contribution in [3.63, 3.8) is 0 Å². The number of rotatable bonds is 10. The van der Waals surface area contributed by atoms with Crippen LogP contribution in [0.2, 0.25) is 0 Å². The normalized spacial score (nSPS) is 10.9. The van der Waals surface area contributed by atoms with Gasteiger partial charge in [-0.3, -0.25) is 4.79 Å². The molecular formula is C26H25NO3. The van der Waals surface area contributed by atoms with Gasteiger partial charge in [-0.1, -0.05) is 67.4 Å². The fraction of sp³-hybridized carbons (Fsp3) is 0.231. The van der Waals surface area contributed by atoms with Crippen LogP contribution in [0.3, 0.4) is 0 Å². The molecule has 0 radical (unpaired) electrons. The van der Waals surface area contributed by atoms with E-state index in [0.29, 0.717) is 18.6 Å². The van der Waals surface area contributed by atoms with E-state index < -0.39 is 0 Å². The van der Waals surface area contributed by atoms with E-state index in [2.05, 4.69) is 29.2 Å². The van der Waals surface area contributed by atoms with Crippen molar-refractivity contribution >= 4 is 16.9 Å². The molecular weight excluding hydrogens is 374 g/mol. The van der Waals surface area contributed by atoms with E-state index in [9.17, 15) is 4.79 Å². The summed E-state index contributed by atoms with van der Waals surface area (Å²) in [7, 11) is 0. The molecule has 4 aromatic rings. The molecule has 0 spiro atoms. The van der Waals surface area contributed by atoms with Gasteiger partial charge in [0.15, 0.2) is 5.58 Å². The summed E-state index contributed by atoms with van der Waals surface area (Å²) < 4.78 is 11.4. The average molecular weight is 399 g/mol. The number of benzene rings is 3. The first kappa shape index (κ1) is 19.9. The molecule has 4 heteroatoms. The largest absolute Gasteiger partial charge is 0.494 e. The summed E-state index contributed by atoms with van der Waals surface area (Å²) in [5.74, 6) is 1.08. The van der Waals surface area contributed by atoms with Gasteiger partial charge >= 0.3 is 0 Å². The minimum Gasteiger partial charge on any atom is -0.494 e. The SMILES string of the molecule is O=C(CCCCCCOc1ccc(-c2ccccc2)cc1)c1nc2ccccc2o1. The number of oxazole rings is 1. The Bertz CT molecular complexity index is 1050. The second kappa shape index (κ2) is 9.88. The van der Waals surface area contributed by atoms with Gasteiger partial charge in [-0.15, -0.1) is 0 Å². The van der Waals surface area contributed by atoms with Gasteiger partial charge in [0.25, 0.3) is 5.89 Å². The smallest absolute Gasteiger partial charge is 0.264 e. The van der Waals surface area contributed by atoms with Crippen LogP contribution in [0.1, 0.15) is 42.8 Å². The van der Waals surface area contributed by atoms with E-state index in [4.69, 9.17) is 9.15 Å². The minimum atomic E-state index is -0.0269. The van der Waals surface area contributed by atoms with Crippen molar-refractivity contribution in [3.8, 4) is 16.9 Å². The van der Waals surface area contributed by atoms with Crippen LogP contribution in [-0.2, 0) is 0 Å². The van der Waals surface area contributed by atoms with Crippen LogP contribution in [0.4, 0.5) is 0 Å². The number of carbonyl (C=O) groups excluding carboxylic acids is 1. The van der Waals surface area contributed by atoms with Gasteiger partial charge in [0, 0.05) is 6.42 Å². The van der Waals surface area contributed by atoms with Crippen LogP contribution < -0.4 is 4.74 Å². The summed E-state index contributed by atoms with van der Waals surface area (Å²) in [6.07, 6.45) is 4.29. The predicted molar refractivity (Wildman–Crippen MR) is 119 cm³/mol. The first-order chi connectivity index (χ1) is 14.8. The molecule has 0 N–H and O–H groups in total. The minimum absolute atomic E-state index is 0.0269. The number of Topliss-reactive ketones (excluding diaryl/α,β-unsaturated/α-hetero) is 1. The number of ether oxygens (including phenoxy) is 1. The molecule has 0 unspecified atom stereocenters. The van der Waals surface area contributed by atoms with Crippen molar-refractivity contribution in [3.05, 3.63) is 84.8 Å². The fourth-order valence-electron chi connectivity index (χ4n) is 3.40. The number of aromatic nitrogens is 1. The summed E-state index contributed by atoms with van der Waals surface area (Å²) in [6, 6.07) is 26.0. The maximum absolute atomic E-state index is 12.2. The monoisotopic (exact) mass is 399 g/mol. The molecule has 30 heavy (non-hydrogen) atoms. The van der Waals surface area contributed by atoms with Crippen LogP contribution in [0.25, 0.3) is 22.2 Å². The van der Waals surface area contributed by atoms with Crippen molar-refractivity contribution < 1.29 is 13.9 Å². The molecule has 0 fully saturated rings. The Balaban J connectivity index is 1.12. The number of hydrogen-bond acceptors (Lipinski definition) is 4. The Hall–Kier alpha value is -3.40. The first-order valence-electron chi connectivity index (χ1n) is 10.5. The van der Waals surface area contributed by atoms with Gasteiger partial charge in [-0.2, -0.15) is 0 Å². The first-order valence-corrected chi connectivity index (χ1v) is 10.5. The number of fused-ring (bicyclic) bond motifs is 1. The van der Waals surface area contributed by atoms with Gasteiger partial charge in [0.05, 0.1) is 6.61 Å². The molecule has 0 aliphatic rings. The van der Waals surface area contributed by atoms with E-state index in [0.717, 1.165) is 36.9 Å². The Labute approximate surface area is 176 Å². The molecule has 0 saturated heterocycles. The Morgan fingerprint density at radius 1 is 0.767 bits per heavy atom. The van der Waals surface area contributed by atoms with Gasteiger partial charge in [0.1, 0.15) is 11.3 Å². The van der Waals surface area contributed by atoms with Crippen LogP contribution in [0.5, 0.6) is 5.75 Å². The van der Waals surface area contributed by atoms with E-state index in [-0.39, 0.29) is 11.7 Å².